The van der Waals surface area contributed by atoms with Gasteiger partial charge in [0.05, 0.1) is 19.3 Å². The molecule has 0 bridgehead atoms. The number of phenols is 1. The van der Waals surface area contributed by atoms with Crippen LogP contribution in [-0.4, -0.2) is 31.5 Å². The predicted molar refractivity (Wildman–Crippen MR) is 102 cm³/mol. The van der Waals surface area contributed by atoms with Crippen molar-refractivity contribution in [3.8, 4) is 5.75 Å². The summed E-state index contributed by atoms with van der Waals surface area (Å²) in [5.41, 5.74) is 4.29. The molecule has 0 aliphatic carbocycles. The Labute approximate surface area is 152 Å². The van der Waals surface area contributed by atoms with Crippen molar-refractivity contribution < 1.29 is 14.6 Å². The van der Waals surface area contributed by atoms with Crippen molar-refractivity contribution in [3.05, 3.63) is 57.6 Å². The summed E-state index contributed by atoms with van der Waals surface area (Å²) in [6, 6.07) is 5.48. The van der Waals surface area contributed by atoms with Crippen LogP contribution in [0.3, 0.4) is 0 Å². The Morgan fingerprint density at radius 1 is 1.50 bits per heavy atom. The van der Waals surface area contributed by atoms with Crippen molar-refractivity contribution in [3.63, 3.8) is 0 Å². The Bertz CT molecular complexity index is 646. The highest BCUT2D eigenvalue weighted by Crippen LogP contribution is 2.29. The summed E-state index contributed by atoms with van der Waals surface area (Å²) < 4.78 is 12.0. The second-order valence-corrected chi connectivity index (χ2v) is 6.83. The number of allylic oxidation sites excluding steroid dienone is 1. The minimum atomic E-state index is 0.0821. The van der Waals surface area contributed by atoms with E-state index in [0.29, 0.717) is 19.0 Å². The summed E-state index contributed by atoms with van der Waals surface area (Å²) in [6.45, 7) is 7.40. The lowest BCUT2D eigenvalue weighted by atomic mass is 9.96. The number of ether oxygens (including phenoxy) is 2. The van der Waals surface area contributed by atoms with Crippen molar-refractivity contribution >= 4 is 22.0 Å². The molecule has 1 heterocycles. The van der Waals surface area contributed by atoms with Crippen molar-refractivity contribution in [2.75, 3.05) is 20.3 Å². The molecule has 0 radical (unpaired) electrons. The Kier molecular flexibility index (Phi) is 7.28. The average molecular weight is 393 g/mol. The van der Waals surface area contributed by atoms with Gasteiger partial charge in [-0.1, -0.05) is 47.2 Å². The zero-order chi connectivity index (χ0) is 17.5. The van der Waals surface area contributed by atoms with E-state index in [4.69, 9.17) is 9.47 Å². The highest BCUT2D eigenvalue weighted by Gasteiger charge is 2.22. The van der Waals surface area contributed by atoms with Gasteiger partial charge in [-0.2, -0.15) is 0 Å². The summed E-state index contributed by atoms with van der Waals surface area (Å²) >= 11 is 3.45. The topological polar surface area (TPSA) is 38.7 Å². The number of benzene rings is 1. The number of hydrogen-bond donors (Lipinski definition) is 1. The van der Waals surface area contributed by atoms with E-state index in [0.717, 1.165) is 40.4 Å². The highest BCUT2D eigenvalue weighted by atomic mass is 79.9. The van der Waals surface area contributed by atoms with Crippen LogP contribution in [0.1, 0.15) is 31.7 Å². The molecule has 130 valence electrons. The lowest BCUT2D eigenvalue weighted by Gasteiger charge is -2.17. The first kappa shape index (κ1) is 19.0. The lowest BCUT2D eigenvalue weighted by Crippen LogP contribution is -2.13. The third-order valence-electron chi connectivity index (χ3n) is 4.21. The molecule has 1 N–H and O–H groups in total. The summed E-state index contributed by atoms with van der Waals surface area (Å²) in [5.74, 6) is 0.301. The highest BCUT2D eigenvalue weighted by molar-refractivity contribution is 9.10. The quantitative estimate of drug-likeness (QED) is 0.655. The minimum absolute atomic E-state index is 0.0821. The molecule has 0 spiro atoms. The zero-order valence-electron chi connectivity index (χ0n) is 14.3. The van der Waals surface area contributed by atoms with Crippen LogP contribution >= 0.6 is 15.9 Å². The molecule has 4 heteroatoms. The van der Waals surface area contributed by atoms with Crippen molar-refractivity contribution in [1.29, 1.82) is 0 Å². The van der Waals surface area contributed by atoms with Gasteiger partial charge in [0.15, 0.2) is 0 Å². The largest absolute Gasteiger partial charge is 0.507 e. The maximum Gasteiger partial charge on any atom is 0.122 e. The molecule has 0 amide bonds. The Morgan fingerprint density at radius 3 is 3.00 bits per heavy atom. The molecule has 0 saturated carbocycles. The molecule has 3 nitrogen and oxygen atoms in total. The van der Waals surface area contributed by atoms with E-state index in [1.807, 2.05) is 12.1 Å². The van der Waals surface area contributed by atoms with Crippen LogP contribution in [0.25, 0.3) is 6.08 Å². The maximum atomic E-state index is 10.0. The van der Waals surface area contributed by atoms with Crippen molar-refractivity contribution in [2.45, 2.75) is 32.3 Å². The van der Waals surface area contributed by atoms with E-state index >= 15 is 0 Å². The van der Waals surface area contributed by atoms with Gasteiger partial charge < -0.3 is 14.6 Å². The van der Waals surface area contributed by atoms with E-state index in [1.54, 1.807) is 13.2 Å². The number of halogens is 1. The Morgan fingerprint density at radius 2 is 2.29 bits per heavy atom. The number of methoxy groups -OCH3 is 1. The molecule has 1 aliphatic heterocycles. The van der Waals surface area contributed by atoms with E-state index < -0.39 is 0 Å². The fourth-order valence-electron chi connectivity index (χ4n) is 2.87. The van der Waals surface area contributed by atoms with Gasteiger partial charge in [-0.25, -0.2) is 0 Å². The molecule has 1 unspecified atom stereocenters. The van der Waals surface area contributed by atoms with Crippen molar-refractivity contribution in [1.82, 2.24) is 0 Å². The molecule has 1 aliphatic rings. The average Bonchev–Trinajstić information content (AvgIpc) is 3.03. The normalized spacial score (nSPS) is 17.9. The van der Waals surface area contributed by atoms with Crippen molar-refractivity contribution in [2.24, 2.45) is 0 Å². The summed E-state index contributed by atoms with van der Waals surface area (Å²) in [4.78, 5) is 0. The monoisotopic (exact) mass is 392 g/mol. The fraction of sp³-hybridized carbons (Fsp3) is 0.400. The third-order valence-corrected chi connectivity index (χ3v) is 4.70. The smallest absolute Gasteiger partial charge is 0.122 e. The van der Waals surface area contributed by atoms with E-state index in [-0.39, 0.29) is 6.10 Å². The van der Waals surface area contributed by atoms with Gasteiger partial charge >= 0.3 is 0 Å². The molecular weight excluding hydrogens is 368 g/mol. The summed E-state index contributed by atoms with van der Waals surface area (Å²) in [7, 11) is 1.68. The number of aromatic hydroxyl groups is 1. The molecule has 1 atom stereocenters. The van der Waals surface area contributed by atoms with Crippen LogP contribution in [0.15, 0.2) is 52.0 Å². The molecule has 1 aromatic rings. The van der Waals surface area contributed by atoms with Crippen LogP contribution in [0.4, 0.5) is 0 Å². The lowest BCUT2D eigenvalue weighted by molar-refractivity contribution is 0.115. The Balaban J connectivity index is 2.03. The molecule has 24 heavy (non-hydrogen) atoms. The first-order chi connectivity index (χ1) is 11.5. The van der Waals surface area contributed by atoms with Gasteiger partial charge in [-0.3, -0.25) is 0 Å². The SMILES string of the molecule is C=C(COC)C1=CCOC1CC/C(=C/c1cc(Br)ccc1O)CC. The number of phenolic OH excluding ortho intramolecular Hbond substituents is 1. The molecule has 1 aromatic carbocycles. The molecule has 0 saturated heterocycles. The summed E-state index contributed by atoms with van der Waals surface area (Å²) in [6.07, 6.45) is 7.02. The van der Waals surface area contributed by atoms with Crippen LogP contribution in [-0.2, 0) is 9.47 Å². The second-order valence-electron chi connectivity index (χ2n) is 5.92. The standard InChI is InChI=1S/C20H25BrO3/c1-4-15(11-16-12-17(21)6-7-19(16)22)5-8-20-18(9-10-24-20)14(2)13-23-3/h6-7,9,11-12,20,22H,2,4-5,8,10,13H2,1,3H3/b15-11+. The van der Waals surface area contributed by atoms with Gasteiger partial charge in [-0.15, -0.1) is 0 Å². The molecule has 0 aromatic heterocycles. The predicted octanol–water partition coefficient (Wildman–Crippen LogP) is 5.26. The van der Waals surface area contributed by atoms with E-state index in [2.05, 4.69) is 41.6 Å². The first-order valence-corrected chi connectivity index (χ1v) is 9.01. The van der Waals surface area contributed by atoms with Crippen LogP contribution in [0.5, 0.6) is 5.75 Å². The second kappa shape index (κ2) is 9.21. The molecular formula is C20H25BrO3. The third kappa shape index (κ3) is 5.07. The Hall–Kier alpha value is -1.36. The zero-order valence-corrected chi connectivity index (χ0v) is 15.9. The molecule has 0 fully saturated rings. The summed E-state index contributed by atoms with van der Waals surface area (Å²) in [5, 5.41) is 10.0. The van der Waals surface area contributed by atoms with E-state index in [1.165, 1.54) is 5.57 Å². The first-order valence-electron chi connectivity index (χ1n) is 8.21. The van der Waals surface area contributed by atoms with Gasteiger partial charge in [0.1, 0.15) is 5.75 Å². The molecule has 2 rings (SSSR count). The van der Waals surface area contributed by atoms with Crippen LogP contribution < -0.4 is 0 Å². The number of hydrogen-bond acceptors (Lipinski definition) is 3. The van der Waals surface area contributed by atoms with Crippen LogP contribution in [0.2, 0.25) is 0 Å². The van der Waals surface area contributed by atoms with Gasteiger partial charge in [0, 0.05) is 17.1 Å². The van der Waals surface area contributed by atoms with Gasteiger partial charge in [-0.05, 0) is 48.6 Å². The maximum absolute atomic E-state index is 10.0. The van der Waals surface area contributed by atoms with Gasteiger partial charge in [0.25, 0.3) is 0 Å². The van der Waals surface area contributed by atoms with E-state index in [9.17, 15) is 5.11 Å². The number of rotatable bonds is 8. The fourth-order valence-corrected chi connectivity index (χ4v) is 3.25. The minimum Gasteiger partial charge on any atom is -0.507 e. The van der Waals surface area contributed by atoms with Crippen LogP contribution in [0, 0.1) is 0 Å². The van der Waals surface area contributed by atoms with Gasteiger partial charge in [0.2, 0.25) is 0 Å².